The number of benzene rings is 1. The Bertz CT molecular complexity index is 948. The van der Waals surface area contributed by atoms with Crippen molar-refractivity contribution >= 4 is 28.3 Å². The van der Waals surface area contributed by atoms with E-state index in [2.05, 4.69) is 51.8 Å². The van der Waals surface area contributed by atoms with Crippen molar-refractivity contribution in [3.8, 4) is 0 Å². The third-order valence-corrected chi connectivity index (χ3v) is 5.46. The lowest BCUT2D eigenvalue weighted by Gasteiger charge is -2.32. The van der Waals surface area contributed by atoms with Crippen LogP contribution in [0, 0.1) is 12.8 Å². The summed E-state index contributed by atoms with van der Waals surface area (Å²) in [6.07, 6.45) is 3.73. The van der Waals surface area contributed by atoms with E-state index in [9.17, 15) is 4.79 Å². The Balaban J connectivity index is 1.47. The maximum absolute atomic E-state index is 12.8. The zero-order chi connectivity index (χ0) is 18.8. The first-order valence-electron chi connectivity index (χ1n) is 9.72. The molecular weight excluding hydrogens is 336 g/mol. The minimum absolute atomic E-state index is 0.0153. The van der Waals surface area contributed by atoms with Crippen LogP contribution in [0.5, 0.6) is 0 Å². The molecule has 0 aliphatic carbocycles. The molecule has 1 atom stereocenters. The highest BCUT2D eigenvalue weighted by atomic mass is 16.1. The van der Waals surface area contributed by atoms with Crippen molar-refractivity contribution in [3.05, 3.63) is 54.4 Å². The predicted molar refractivity (Wildman–Crippen MR) is 110 cm³/mol. The van der Waals surface area contributed by atoms with E-state index in [1.807, 2.05) is 24.3 Å². The molecule has 27 heavy (non-hydrogen) atoms. The number of anilines is 2. The molecule has 0 radical (unpaired) electrons. The van der Waals surface area contributed by atoms with Gasteiger partial charge in [-0.15, -0.1) is 0 Å². The van der Waals surface area contributed by atoms with Crippen LogP contribution in [0.1, 0.15) is 25.5 Å². The molecule has 5 heteroatoms. The van der Waals surface area contributed by atoms with Gasteiger partial charge in [0.2, 0.25) is 5.91 Å². The molecule has 1 N–H and O–H groups in total. The number of rotatable bonds is 4. The smallest absolute Gasteiger partial charge is 0.229 e. The topological polar surface area (TPSA) is 50.2 Å². The minimum atomic E-state index is -0.0153. The number of nitrogens with one attached hydrogen (secondary N) is 1. The number of carbonyl (C=O) groups excluding carboxylic acids is 1. The normalized spacial score (nSPS) is 17.3. The molecule has 5 nitrogen and oxygen atoms in total. The molecule has 1 unspecified atom stereocenters. The molecule has 1 amide bonds. The fraction of sp³-hybridized carbons (Fsp3) is 0.364. The van der Waals surface area contributed by atoms with Crippen LogP contribution in [0.25, 0.3) is 10.9 Å². The maximum Gasteiger partial charge on any atom is 0.229 e. The second kappa shape index (κ2) is 7.43. The maximum atomic E-state index is 12.8. The van der Waals surface area contributed by atoms with Crippen LogP contribution in [0.4, 0.5) is 11.5 Å². The van der Waals surface area contributed by atoms with Gasteiger partial charge in [0.1, 0.15) is 5.82 Å². The second-order valence-electron chi connectivity index (χ2n) is 7.27. The molecule has 1 aliphatic heterocycles. The van der Waals surface area contributed by atoms with Crippen LogP contribution in [0.15, 0.2) is 48.7 Å². The van der Waals surface area contributed by atoms with Crippen molar-refractivity contribution < 1.29 is 4.79 Å². The third-order valence-electron chi connectivity index (χ3n) is 5.46. The summed E-state index contributed by atoms with van der Waals surface area (Å²) in [6, 6.07) is 14.3. The van der Waals surface area contributed by atoms with Crippen molar-refractivity contribution in [2.75, 3.05) is 23.3 Å². The summed E-state index contributed by atoms with van der Waals surface area (Å²) in [4.78, 5) is 19.5. The molecule has 0 saturated carbocycles. The number of hydrogen-bond donors (Lipinski definition) is 1. The zero-order valence-electron chi connectivity index (χ0n) is 16.0. The number of hydrogen-bond acceptors (Lipinski definition) is 3. The molecule has 1 aliphatic rings. The van der Waals surface area contributed by atoms with E-state index in [1.165, 1.54) is 16.6 Å². The van der Waals surface area contributed by atoms with Crippen LogP contribution >= 0.6 is 0 Å². The van der Waals surface area contributed by atoms with Gasteiger partial charge >= 0.3 is 0 Å². The fourth-order valence-corrected chi connectivity index (χ4v) is 4.09. The number of amides is 1. The number of nitrogens with zero attached hydrogens (tertiary/aromatic N) is 3. The molecular formula is C22H26N4O. The third kappa shape index (κ3) is 3.54. The highest BCUT2D eigenvalue weighted by Gasteiger charge is 2.26. The molecule has 1 saturated heterocycles. The van der Waals surface area contributed by atoms with Crippen molar-refractivity contribution in [2.24, 2.45) is 5.92 Å². The lowest BCUT2D eigenvalue weighted by molar-refractivity contribution is -0.120. The predicted octanol–water partition coefficient (Wildman–Crippen LogP) is 4.22. The summed E-state index contributed by atoms with van der Waals surface area (Å²) >= 11 is 0. The van der Waals surface area contributed by atoms with Crippen LogP contribution in [-0.4, -0.2) is 28.5 Å². The van der Waals surface area contributed by atoms with Gasteiger partial charge in [-0.05, 0) is 63.1 Å². The second-order valence-corrected chi connectivity index (χ2v) is 7.27. The van der Waals surface area contributed by atoms with Gasteiger partial charge in [-0.2, -0.15) is 0 Å². The lowest BCUT2D eigenvalue weighted by atomic mass is 9.97. The number of aryl methyl sites for hydroxylation is 2. The fourth-order valence-electron chi connectivity index (χ4n) is 4.09. The SMILES string of the molecule is CCn1c(C)cc2cc(NC(=O)C3CCCN(c4ccccn4)C3)ccc21. The first-order chi connectivity index (χ1) is 13.2. The Labute approximate surface area is 160 Å². The zero-order valence-corrected chi connectivity index (χ0v) is 16.0. The number of fused-ring (bicyclic) bond motifs is 1. The largest absolute Gasteiger partial charge is 0.356 e. The summed E-state index contributed by atoms with van der Waals surface area (Å²) in [5.41, 5.74) is 3.33. The van der Waals surface area contributed by atoms with Gasteiger partial charge < -0.3 is 14.8 Å². The van der Waals surface area contributed by atoms with Gasteiger partial charge in [-0.3, -0.25) is 4.79 Å². The van der Waals surface area contributed by atoms with Gasteiger partial charge in [0.05, 0.1) is 5.92 Å². The number of aromatic nitrogens is 2. The highest BCUT2D eigenvalue weighted by molar-refractivity contribution is 5.95. The first kappa shape index (κ1) is 17.6. The van der Waals surface area contributed by atoms with Gasteiger partial charge in [0, 0.05) is 48.1 Å². The number of piperidine rings is 1. The molecule has 0 spiro atoms. The molecule has 3 aromatic rings. The van der Waals surface area contributed by atoms with Gasteiger partial charge in [-0.1, -0.05) is 6.07 Å². The summed E-state index contributed by atoms with van der Waals surface area (Å²) in [6.45, 7) is 6.90. The van der Waals surface area contributed by atoms with E-state index in [0.717, 1.165) is 44.0 Å². The first-order valence-corrected chi connectivity index (χ1v) is 9.72. The summed E-state index contributed by atoms with van der Waals surface area (Å²) < 4.78 is 2.28. The molecule has 0 bridgehead atoms. The number of carbonyl (C=O) groups is 1. The molecule has 3 heterocycles. The Kier molecular flexibility index (Phi) is 4.84. The monoisotopic (exact) mass is 362 g/mol. The average Bonchev–Trinajstić information content (AvgIpc) is 3.02. The van der Waals surface area contributed by atoms with E-state index in [0.29, 0.717) is 0 Å². The Morgan fingerprint density at radius 3 is 2.93 bits per heavy atom. The quantitative estimate of drug-likeness (QED) is 0.756. The molecule has 4 rings (SSSR count). The average molecular weight is 362 g/mol. The molecule has 1 aromatic carbocycles. The van der Waals surface area contributed by atoms with Crippen molar-refractivity contribution in [1.82, 2.24) is 9.55 Å². The van der Waals surface area contributed by atoms with E-state index >= 15 is 0 Å². The Morgan fingerprint density at radius 1 is 1.26 bits per heavy atom. The van der Waals surface area contributed by atoms with E-state index in [-0.39, 0.29) is 11.8 Å². The Morgan fingerprint density at radius 2 is 2.15 bits per heavy atom. The van der Waals surface area contributed by atoms with Crippen LogP contribution < -0.4 is 10.2 Å². The standard InChI is InChI=1S/C22H26N4O/c1-3-26-16(2)13-18-14-19(9-10-20(18)26)24-22(27)17-7-6-12-25(15-17)21-8-4-5-11-23-21/h4-5,8-11,13-14,17H,3,6-7,12,15H2,1-2H3,(H,24,27). The summed E-state index contributed by atoms with van der Waals surface area (Å²) in [5, 5.41) is 4.30. The summed E-state index contributed by atoms with van der Waals surface area (Å²) in [7, 11) is 0. The van der Waals surface area contributed by atoms with Crippen LogP contribution in [0.3, 0.4) is 0 Å². The van der Waals surface area contributed by atoms with Crippen molar-refractivity contribution in [3.63, 3.8) is 0 Å². The van der Waals surface area contributed by atoms with E-state index in [1.54, 1.807) is 6.20 Å². The van der Waals surface area contributed by atoms with E-state index < -0.39 is 0 Å². The van der Waals surface area contributed by atoms with Gasteiger partial charge in [-0.25, -0.2) is 4.98 Å². The van der Waals surface area contributed by atoms with Gasteiger partial charge in [0.25, 0.3) is 0 Å². The van der Waals surface area contributed by atoms with Gasteiger partial charge in [0.15, 0.2) is 0 Å². The minimum Gasteiger partial charge on any atom is -0.356 e. The van der Waals surface area contributed by atoms with Crippen molar-refractivity contribution in [2.45, 2.75) is 33.2 Å². The van der Waals surface area contributed by atoms with Crippen LogP contribution in [0.2, 0.25) is 0 Å². The summed E-state index contributed by atoms with van der Waals surface area (Å²) in [5.74, 6) is 1.04. The number of pyridine rings is 1. The van der Waals surface area contributed by atoms with Crippen LogP contribution in [-0.2, 0) is 11.3 Å². The Hall–Kier alpha value is -2.82. The molecule has 1 fully saturated rings. The molecule has 2 aromatic heterocycles. The lowest BCUT2D eigenvalue weighted by Crippen LogP contribution is -2.41. The van der Waals surface area contributed by atoms with E-state index in [4.69, 9.17) is 0 Å². The van der Waals surface area contributed by atoms with Crippen molar-refractivity contribution in [1.29, 1.82) is 0 Å². The molecule has 140 valence electrons. The highest BCUT2D eigenvalue weighted by Crippen LogP contribution is 2.25.